The lowest BCUT2D eigenvalue weighted by Gasteiger charge is -2.35. The van der Waals surface area contributed by atoms with Crippen molar-refractivity contribution in [1.29, 1.82) is 0 Å². The summed E-state index contributed by atoms with van der Waals surface area (Å²) in [6.45, 7) is 5.54. The van der Waals surface area contributed by atoms with Crippen LogP contribution in [-0.4, -0.2) is 63.1 Å². The molecule has 1 aromatic heterocycles. The average molecular weight is 632 g/mol. The fourth-order valence-corrected chi connectivity index (χ4v) is 6.21. The van der Waals surface area contributed by atoms with Gasteiger partial charge in [0.2, 0.25) is 5.88 Å². The Morgan fingerprint density at radius 3 is 2.67 bits per heavy atom. The molecule has 1 N–H and O–H groups in total. The van der Waals surface area contributed by atoms with E-state index in [1.54, 1.807) is 51.1 Å². The molecule has 1 fully saturated rings. The Hall–Kier alpha value is -4.76. The summed E-state index contributed by atoms with van der Waals surface area (Å²) in [6, 6.07) is 12.8. The number of likely N-dealkylation sites (tertiary alicyclic amines) is 1. The number of ether oxygens (including phenoxy) is 2. The number of fused-ring (bicyclic) bond motifs is 1. The normalized spacial score (nSPS) is 19.6. The molecular formula is C33H31F2N5O4S. The molecule has 3 heterocycles. The second kappa shape index (κ2) is 13.1. The van der Waals surface area contributed by atoms with Crippen molar-refractivity contribution in [2.75, 3.05) is 25.4 Å². The highest BCUT2D eigenvalue weighted by Gasteiger charge is 2.53. The van der Waals surface area contributed by atoms with Crippen LogP contribution in [0.3, 0.4) is 0 Å². The van der Waals surface area contributed by atoms with Crippen molar-refractivity contribution in [1.82, 2.24) is 20.2 Å². The number of amidine groups is 1. The fourth-order valence-electron chi connectivity index (χ4n) is 5.08. The molecule has 1 saturated heterocycles. The number of benzene rings is 2. The van der Waals surface area contributed by atoms with E-state index in [-0.39, 0.29) is 48.7 Å². The third-order valence-corrected chi connectivity index (χ3v) is 8.14. The molecule has 5 rings (SSSR count). The average Bonchev–Trinajstić information content (AvgIpc) is 3.41. The van der Waals surface area contributed by atoms with Crippen LogP contribution in [0.2, 0.25) is 0 Å². The lowest BCUT2D eigenvalue weighted by molar-refractivity contribution is 0.0281. The first-order valence-electron chi connectivity index (χ1n) is 14.1. The maximum Gasteiger partial charge on any atom is 0.410 e. The Morgan fingerprint density at radius 1 is 1.20 bits per heavy atom. The van der Waals surface area contributed by atoms with Crippen LogP contribution in [0.15, 0.2) is 65.9 Å². The largest absolute Gasteiger partial charge is 0.463 e. The van der Waals surface area contributed by atoms with Crippen LogP contribution in [-0.2, 0) is 10.3 Å². The zero-order valence-electron chi connectivity index (χ0n) is 24.9. The fraction of sp³-hybridized carbons (Fsp3) is 0.303. The van der Waals surface area contributed by atoms with Crippen LogP contribution in [0.4, 0.5) is 13.6 Å². The van der Waals surface area contributed by atoms with Gasteiger partial charge < -0.3 is 19.7 Å². The molecule has 45 heavy (non-hydrogen) atoms. The van der Waals surface area contributed by atoms with Gasteiger partial charge in [0, 0.05) is 29.3 Å². The maximum atomic E-state index is 15.8. The zero-order chi connectivity index (χ0) is 32.2. The summed E-state index contributed by atoms with van der Waals surface area (Å²) in [5, 5.41) is 3.13. The molecule has 0 saturated carbocycles. The number of hydrogen-bond donors (Lipinski definition) is 1. The number of nitrogens with one attached hydrogen (secondary N) is 1. The minimum Gasteiger partial charge on any atom is -0.463 e. The molecule has 2 amide bonds. The van der Waals surface area contributed by atoms with E-state index in [9.17, 15) is 9.59 Å². The van der Waals surface area contributed by atoms with Crippen molar-refractivity contribution in [3.63, 3.8) is 0 Å². The van der Waals surface area contributed by atoms with Gasteiger partial charge in [0.1, 0.15) is 22.7 Å². The third-order valence-electron chi connectivity index (χ3n) is 7.10. The van der Waals surface area contributed by atoms with E-state index in [4.69, 9.17) is 20.9 Å². The van der Waals surface area contributed by atoms with Gasteiger partial charge in [0.15, 0.2) is 17.6 Å². The van der Waals surface area contributed by atoms with Gasteiger partial charge in [-0.25, -0.2) is 28.5 Å². The molecule has 0 bridgehead atoms. The molecule has 12 heteroatoms. The molecule has 232 valence electrons. The summed E-state index contributed by atoms with van der Waals surface area (Å²) in [7, 11) is 0. The summed E-state index contributed by atoms with van der Waals surface area (Å²) >= 11 is 1.32. The van der Waals surface area contributed by atoms with Crippen LogP contribution in [0.1, 0.15) is 48.0 Å². The SMILES string of the molecule is C#CCOc1cnc(/C(F)=C/c2ccc(F)c([C@]34CN(C(=O)OC(C)(C)C)C[C@H]3CSC(NC(=O)c3ccccc3)=N4)c2)cn1. The molecule has 0 spiro atoms. The number of thioether (sulfide) groups is 1. The third kappa shape index (κ3) is 7.32. The highest BCUT2D eigenvalue weighted by molar-refractivity contribution is 8.13. The summed E-state index contributed by atoms with van der Waals surface area (Å²) < 4.78 is 41.9. The number of aromatic nitrogens is 2. The van der Waals surface area contributed by atoms with Gasteiger partial charge in [-0.15, -0.1) is 6.42 Å². The van der Waals surface area contributed by atoms with Crippen LogP contribution in [0, 0.1) is 24.1 Å². The van der Waals surface area contributed by atoms with Gasteiger partial charge in [0.25, 0.3) is 5.91 Å². The molecule has 2 atom stereocenters. The first-order chi connectivity index (χ1) is 21.5. The van der Waals surface area contributed by atoms with Crippen LogP contribution < -0.4 is 10.1 Å². The number of aliphatic imine (C=N–C) groups is 1. The number of amides is 2. The number of carbonyl (C=O) groups excluding carboxylic acids is 2. The minimum absolute atomic E-state index is 0.00254. The van der Waals surface area contributed by atoms with E-state index in [2.05, 4.69) is 21.2 Å². The molecule has 2 aliphatic heterocycles. The minimum atomic E-state index is -1.28. The van der Waals surface area contributed by atoms with Crippen molar-refractivity contribution < 1.29 is 27.8 Å². The van der Waals surface area contributed by atoms with Crippen molar-refractivity contribution in [2.24, 2.45) is 10.9 Å². The summed E-state index contributed by atoms with van der Waals surface area (Å²) in [6.07, 6.45) is 8.29. The van der Waals surface area contributed by atoms with E-state index in [1.807, 2.05) is 0 Å². The second-order valence-corrected chi connectivity index (χ2v) is 12.5. The number of rotatable bonds is 6. The van der Waals surface area contributed by atoms with Gasteiger partial charge in [-0.3, -0.25) is 4.79 Å². The van der Waals surface area contributed by atoms with Gasteiger partial charge in [-0.2, -0.15) is 0 Å². The lowest BCUT2D eigenvalue weighted by Crippen LogP contribution is -2.43. The molecule has 0 radical (unpaired) electrons. The first-order valence-corrected chi connectivity index (χ1v) is 15.1. The summed E-state index contributed by atoms with van der Waals surface area (Å²) in [5.74, 6) is 0.912. The van der Waals surface area contributed by atoms with Gasteiger partial charge in [-0.1, -0.05) is 41.9 Å². The van der Waals surface area contributed by atoms with E-state index in [0.29, 0.717) is 22.0 Å². The Balaban J connectivity index is 1.51. The molecule has 0 aliphatic carbocycles. The van der Waals surface area contributed by atoms with E-state index in [0.717, 1.165) is 0 Å². The topological polar surface area (TPSA) is 106 Å². The van der Waals surface area contributed by atoms with Crippen molar-refractivity contribution >= 4 is 40.8 Å². The predicted octanol–water partition coefficient (Wildman–Crippen LogP) is 5.69. The number of halogens is 2. The van der Waals surface area contributed by atoms with Crippen molar-refractivity contribution in [3.05, 3.63) is 89.1 Å². The van der Waals surface area contributed by atoms with Crippen LogP contribution in [0.25, 0.3) is 11.9 Å². The van der Waals surface area contributed by atoms with Crippen molar-refractivity contribution in [3.8, 4) is 18.2 Å². The first kappa shape index (κ1) is 31.7. The molecule has 2 aliphatic rings. The molecule has 9 nitrogen and oxygen atoms in total. The maximum absolute atomic E-state index is 15.8. The van der Waals surface area contributed by atoms with Crippen LogP contribution >= 0.6 is 11.8 Å². The zero-order valence-corrected chi connectivity index (χ0v) is 25.7. The second-order valence-electron chi connectivity index (χ2n) is 11.5. The summed E-state index contributed by atoms with van der Waals surface area (Å²) in [5.41, 5.74) is -1.14. The van der Waals surface area contributed by atoms with E-state index >= 15 is 8.78 Å². The number of terminal acetylenes is 1. The Morgan fingerprint density at radius 2 is 1.98 bits per heavy atom. The van der Waals surface area contributed by atoms with Gasteiger partial charge in [-0.05, 0) is 56.7 Å². The van der Waals surface area contributed by atoms with E-state index in [1.165, 1.54) is 53.3 Å². The molecule has 0 unspecified atom stereocenters. The lowest BCUT2D eigenvalue weighted by atomic mass is 9.81. The molecule has 3 aromatic rings. The Kier molecular flexibility index (Phi) is 9.20. The Labute approximate surface area is 264 Å². The monoisotopic (exact) mass is 631 g/mol. The highest BCUT2D eigenvalue weighted by Crippen LogP contribution is 2.47. The number of nitrogens with zero attached hydrogens (tertiary/aromatic N) is 4. The molecular weight excluding hydrogens is 600 g/mol. The standard InChI is InChI=1S/C33H31F2N5O4S/c1-5-13-43-28-17-36-27(16-37-28)26(35)15-21-11-12-25(34)24(14-21)33-20-40(31(42)44-32(2,3)4)18-23(33)19-45-30(39-33)38-29(41)22-9-7-6-8-10-22/h1,6-12,14-17,23H,13,18-20H2,2-4H3,(H,38,39,41)/b26-15-/t23-,33-/m0/s1. The number of hydrogen-bond acceptors (Lipinski definition) is 8. The van der Waals surface area contributed by atoms with Gasteiger partial charge in [0.05, 0.1) is 18.9 Å². The highest BCUT2D eigenvalue weighted by atomic mass is 32.2. The quantitative estimate of drug-likeness (QED) is 0.349. The van der Waals surface area contributed by atoms with Crippen LogP contribution in [0.5, 0.6) is 5.88 Å². The smallest absolute Gasteiger partial charge is 0.410 e. The Bertz CT molecular complexity index is 1690. The van der Waals surface area contributed by atoms with E-state index < -0.39 is 28.9 Å². The molecule has 2 aromatic carbocycles. The summed E-state index contributed by atoms with van der Waals surface area (Å²) in [4.78, 5) is 40.6. The van der Waals surface area contributed by atoms with Gasteiger partial charge >= 0.3 is 6.09 Å². The van der Waals surface area contributed by atoms with Crippen molar-refractivity contribution in [2.45, 2.75) is 31.9 Å². The number of carbonyl (C=O) groups is 2. The predicted molar refractivity (Wildman–Crippen MR) is 169 cm³/mol.